The van der Waals surface area contributed by atoms with Crippen molar-refractivity contribution < 1.29 is 14.7 Å². The van der Waals surface area contributed by atoms with E-state index in [1.807, 2.05) is 17.1 Å². The summed E-state index contributed by atoms with van der Waals surface area (Å²) in [5, 5.41) is 9.20. The van der Waals surface area contributed by atoms with Gasteiger partial charge in [-0.05, 0) is 31.6 Å². The second kappa shape index (κ2) is 5.55. The van der Waals surface area contributed by atoms with E-state index < -0.39 is 11.9 Å². The molecule has 2 rings (SSSR count). The number of carbonyl (C=O) groups excluding carboxylic acids is 1. The van der Waals surface area contributed by atoms with Gasteiger partial charge in [-0.25, -0.2) is 0 Å². The summed E-state index contributed by atoms with van der Waals surface area (Å²) in [5.74, 6) is -1.18. The van der Waals surface area contributed by atoms with Gasteiger partial charge in [0.2, 0.25) is 5.91 Å². The van der Waals surface area contributed by atoms with Crippen LogP contribution in [0.15, 0.2) is 12.2 Å². The number of nitrogens with zero attached hydrogens (tertiary/aromatic N) is 1. The SMILES string of the molecule is CC1CCCN(C(=O)[C@@H]2CC=CC[C@@H]2C(=O)O)C1. The number of allylic oxidation sites excluding steroid dienone is 2. The average Bonchev–Trinajstić information content (AvgIpc) is 2.38. The molecule has 0 aromatic rings. The number of carboxylic acids is 1. The van der Waals surface area contributed by atoms with E-state index in [4.69, 9.17) is 0 Å². The highest BCUT2D eigenvalue weighted by atomic mass is 16.4. The van der Waals surface area contributed by atoms with E-state index in [1.165, 1.54) is 0 Å². The van der Waals surface area contributed by atoms with Crippen molar-refractivity contribution in [3.8, 4) is 0 Å². The van der Waals surface area contributed by atoms with Gasteiger partial charge >= 0.3 is 5.97 Å². The molecule has 0 spiro atoms. The largest absolute Gasteiger partial charge is 0.481 e. The fourth-order valence-electron chi connectivity index (χ4n) is 2.98. The smallest absolute Gasteiger partial charge is 0.307 e. The molecule has 1 amide bonds. The van der Waals surface area contributed by atoms with E-state index >= 15 is 0 Å². The summed E-state index contributed by atoms with van der Waals surface area (Å²) < 4.78 is 0. The molecular weight excluding hydrogens is 230 g/mol. The number of piperidine rings is 1. The highest BCUT2D eigenvalue weighted by Crippen LogP contribution is 2.29. The lowest BCUT2D eigenvalue weighted by Gasteiger charge is -2.35. The third-order valence-corrected chi connectivity index (χ3v) is 4.04. The van der Waals surface area contributed by atoms with Gasteiger partial charge in [-0.2, -0.15) is 0 Å². The van der Waals surface area contributed by atoms with Crippen molar-refractivity contribution in [2.45, 2.75) is 32.6 Å². The van der Waals surface area contributed by atoms with Crippen LogP contribution in [0.25, 0.3) is 0 Å². The van der Waals surface area contributed by atoms with Crippen LogP contribution >= 0.6 is 0 Å². The van der Waals surface area contributed by atoms with Crippen LogP contribution in [0.1, 0.15) is 32.6 Å². The molecule has 100 valence electrons. The lowest BCUT2D eigenvalue weighted by Crippen LogP contribution is -2.45. The minimum Gasteiger partial charge on any atom is -0.481 e. The Morgan fingerprint density at radius 2 is 1.89 bits per heavy atom. The van der Waals surface area contributed by atoms with E-state index in [-0.39, 0.29) is 11.8 Å². The van der Waals surface area contributed by atoms with Gasteiger partial charge in [0.15, 0.2) is 0 Å². The Morgan fingerprint density at radius 3 is 2.50 bits per heavy atom. The number of rotatable bonds is 2. The second-order valence-electron chi connectivity index (χ2n) is 5.53. The fourth-order valence-corrected chi connectivity index (χ4v) is 2.98. The van der Waals surface area contributed by atoms with Crippen molar-refractivity contribution in [2.75, 3.05) is 13.1 Å². The van der Waals surface area contributed by atoms with E-state index in [9.17, 15) is 14.7 Å². The molecule has 0 bridgehead atoms. The van der Waals surface area contributed by atoms with Gasteiger partial charge in [-0.15, -0.1) is 0 Å². The summed E-state index contributed by atoms with van der Waals surface area (Å²) in [6, 6.07) is 0. The zero-order valence-corrected chi connectivity index (χ0v) is 10.8. The molecule has 1 unspecified atom stereocenters. The van der Waals surface area contributed by atoms with Crippen LogP contribution in [0.2, 0.25) is 0 Å². The minimum atomic E-state index is -0.845. The third-order valence-electron chi connectivity index (χ3n) is 4.04. The highest BCUT2D eigenvalue weighted by molar-refractivity contribution is 5.85. The Balaban J connectivity index is 2.06. The molecule has 0 radical (unpaired) electrons. The number of aliphatic carboxylic acids is 1. The fraction of sp³-hybridized carbons (Fsp3) is 0.714. The number of amides is 1. The molecule has 0 aromatic carbocycles. The first-order valence-corrected chi connectivity index (χ1v) is 6.76. The van der Waals surface area contributed by atoms with Gasteiger partial charge in [-0.3, -0.25) is 9.59 Å². The topological polar surface area (TPSA) is 57.6 Å². The van der Waals surface area contributed by atoms with Gasteiger partial charge in [0.05, 0.1) is 11.8 Å². The summed E-state index contributed by atoms with van der Waals surface area (Å²) in [7, 11) is 0. The standard InChI is InChI=1S/C14H21NO3/c1-10-5-4-8-15(9-10)13(16)11-6-2-3-7-12(11)14(17)18/h2-3,10-12H,4-9H2,1H3,(H,17,18)/t10?,11-,12+/m1/s1. The Kier molecular flexibility index (Phi) is 4.04. The maximum absolute atomic E-state index is 12.4. The Hall–Kier alpha value is -1.32. The van der Waals surface area contributed by atoms with E-state index in [1.54, 1.807) is 0 Å². The summed E-state index contributed by atoms with van der Waals surface area (Å²) in [5.41, 5.74) is 0. The molecule has 4 nitrogen and oxygen atoms in total. The van der Waals surface area contributed by atoms with Crippen molar-refractivity contribution in [1.82, 2.24) is 4.90 Å². The Morgan fingerprint density at radius 1 is 1.22 bits per heavy atom. The van der Waals surface area contributed by atoms with Crippen LogP contribution in [-0.2, 0) is 9.59 Å². The van der Waals surface area contributed by atoms with E-state index in [0.29, 0.717) is 18.8 Å². The van der Waals surface area contributed by atoms with Gasteiger partial charge < -0.3 is 10.0 Å². The summed E-state index contributed by atoms with van der Waals surface area (Å²) in [6.45, 7) is 3.72. The van der Waals surface area contributed by atoms with Crippen LogP contribution in [-0.4, -0.2) is 35.0 Å². The van der Waals surface area contributed by atoms with Crippen LogP contribution in [0.3, 0.4) is 0 Å². The van der Waals surface area contributed by atoms with Crippen molar-refractivity contribution >= 4 is 11.9 Å². The summed E-state index contributed by atoms with van der Waals surface area (Å²) in [4.78, 5) is 25.5. The number of carboxylic acid groups (broad SMARTS) is 1. The van der Waals surface area contributed by atoms with Crippen LogP contribution in [0.5, 0.6) is 0 Å². The van der Waals surface area contributed by atoms with Crippen molar-refractivity contribution in [3.05, 3.63) is 12.2 Å². The van der Waals surface area contributed by atoms with Crippen molar-refractivity contribution in [1.29, 1.82) is 0 Å². The molecular formula is C14H21NO3. The molecule has 1 heterocycles. The molecule has 1 saturated heterocycles. The highest BCUT2D eigenvalue weighted by Gasteiger charge is 2.37. The van der Waals surface area contributed by atoms with Crippen LogP contribution < -0.4 is 0 Å². The number of likely N-dealkylation sites (tertiary alicyclic amines) is 1. The predicted octanol–water partition coefficient (Wildman–Crippen LogP) is 1.91. The lowest BCUT2D eigenvalue weighted by molar-refractivity contribution is -0.151. The first-order valence-electron chi connectivity index (χ1n) is 6.76. The first kappa shape index (κ1) is 13.1. The van der Waals surface area contributed by atoms with Crippen LogP contribution in [0.4, 0.5) is 0 Å². The molecule has 3 atom stereocenters. The third kappa shape index (κ3) is 2.74. The zero-order valence-electron chi connectivity index (χ0n) is 10.8. The quantitative estimate of drug-likeness (QED) is 0.763. The van der Waals surface area contributed by atoms with Gasteiger partial charge in [-0.1, -0.05) is 19.1 Å². The second-order valence-corrected chi connectivity index (χ2v) is 5.53. The molecule has 1 fully saturated rings. The summed E-state index contributed by atoms with van der Waals surface area (Å²) in [6.07, 6.45) is 7.07. The van der Waals surface area contributed by atoms with E-state index in [2.05, 4.69) is 6.92 Å². The number of hydrogen-bond donors (Lipinski definition) is 1. The van der Waals surface area contributed by atoms with Crippen molar-refractivity contribution in [3.63, 3.8) is 0 Å². The van der Waals surface area contributed by atoms with Gasteiger partial charge in [0, 0.05) is 13.1 Å². The Bertz CT molecular complexity index is 364. The van der Waals surface area contributed by atoms with Crippen molar-refractivity contribution in [2.24, 2.45) is 17.8 Å². The van der Waals surface area contributed by atoms with Crippen LogP contribution in [0, 0.1) is 17.8 Å². The molecule has 1 aliphatic heterocycles. The molecule has 2 aliphatic rings. The van der Waals surface area contributed by atoms with Gasteiger partial charge in [0.1, 0.15) is 0 Å². The van der Waals surface area contributed by atoms with E-state index in [0.717, 1.165) is 25.9 Å². The zero-order chi connectivity index (χ0) is 13.1. The summed E-state index contributed by atoms with van der Waals surface area (Å²) >= 11 is 0. The molecule has 18 heavy (non-hydrogen) atoms. The minimum absolute atomic E-state index is 0.0401. The predicted molar refractivity (Wildman–Crippen MR) is 68.0 cm³/mol. The molecule has 1 N–H and O–H groups in total. The number of carbonyl (C=O) groups is 2. The monoisotopic (exact) mass is 251 g/mol. The molecule has 4 heteroatoms. The normalized spacial score (nSPS) is 32.3. The average molecular weight is 251 g/mol. The molecule has 0 saturated carbocycles. The lowest BCUT2D eigenvalue weighted by atomic mass is 9.81. The van der Waals surface area contributed by atoms with Gasteiger partial charge in [0.25, 0.3) is 0 Å². The molecule has 0 aromatic heterocycles. The molecule has 1 aliphatic carbocycles. The number of hydrogen-bond acceptors (Lipinski definition) is 2. The maximum Gasteiger partial charge on any atom is 0.307 e. The Labute approximate surface area is 108 Å². The first-order chi connectivity index (χ1) is 8.59. The maximum atomic E-state index is 12.4.